The van der Waals surface area contributed by atoms with Crippen molar-refractivity contribution in [2.45, 2.75) is 19.1 Å². The SMILES string of the molecule is O=C(OCC(=O)N1N=C(c2ccc(Cl)cc2)CC1c1ccco1)c1ccccc1OCc1ccccc1. The number of nitrogens with zero attached hydrogens (tertiary/aromatic N) is 2. The van der Waals surface area contributed by atoms with Crippen LogP contribution in [-0.2, 0) is 16.1 Å². The van der Waals surface area contributed by atoms with Crippen LogP contribution in [0.2, 0.25) is 5.02 Å². The van der Waals surface area contributed by atoms with E-state index in [0.717, 1.165) is 11.1 Å². The van der Waals surface area contributed by atoms with Crippen molar-refractivity contribution in [3.05, 3.63) is 125 Å². The van der Waals surface area contributed by atoms with Crippen LogP contribution in [-0.4, -0.2) is 29.2 Å². The number of ether oxygens (including phenoxy) is 2. The first-order valence-corrected chi connectivity index (χ1v) is 12.1. The molecule has 37 heavy (non-hydrogen) atoms. The predicted octanol–water partition coefficient (Wildman–Crippen LogP) is 6.05. The van der Waals surface area contributed by atoms with Crippen LogP contribution in [0.25, 0.3) is 0 Å². The van der Waals surface area contributed by atoms with Gasteiger partial charge in [0.1, 0.15) is 29.7 Å². The lowest BCUT2D eigenvalue weighted by molar-refractivity contribution is -0.136. The summed E-state index contributed by atoms with van der Waals surface area (Å²) < 4.78 is 16.8. The molecule has 1 amide bonds. The Labute approximate surface area is 218 Å². The fourth-order valence-electron chi connectivity index (χ4n) is 4.03. The lowest BCUT2D eigenvalue weighted by Gasteiger charge is -2.19. The number of furan rings is 1. The highest BCUT2D eigenvalue weighted by Crippen LogP contribution is 2.33. The van der Waals surface area contributed by atoms with Crippen molar-refractivity contribution in [2.24, 2.45) is 5.10 Å². The van der Waals surface area contributed by atoms with Gasteiger partial charge in [-0.3, -0.25) is 4.79 Å². The fraction of sp³-hybridized carbons (Fsp3) is 0.138. The molecule has 3 aromatic carbocycles. The van der Waals surface area contributed by atoms with Gasteiger partial charge in [-0.05, 0) is 47.5 Å². The van der Waals surface area contributed by atoms with E-state index >= 15 is 0 Å². The average molecular weight is 515 g/mol. The maximum absolute atomic E-state index is 13.2. The van der Waals surface area contributed by atoms with E-state index in [1.54, 1.807) is 54.8 Å². The Morgan fingerprint density at radius 1 is 0.946 bits per heavy atom. The number of hydrazone groups is 1. The van der Waals surface area contributed by atoms with Gasteiger partial charge < -0.3 is 13.9 Å². The van der Waals surface area contributed by atoms with Gasteiger partial charge in [-0.15, -0.1) is 0 Å². The molecule has 2 heterocycles. The van der Waals surface area contributed by atoms with Crippen LogP contribution in [0.4, 0.5) is 0 Å². The molecule has 0 N–H and O–H groups in total. The Morgan fingerprint density at radius 3 is 2.46 bits per heavy atom. The highest BCUT2D eigenvalue weighted by molar-refractivity contribution is 6.30. The van der Waals surface area contributed by atoms with Crippen molar-refractivity contribution in [1.82, 2.24) is 5.01 Å². The highest BCUT2D eigenvalue weighted by atomic mass is 35.5. The number of carbonyl (C=O) groups is 2. The number of hydrogen-bond acceptors (Lipinski definition) is 6. The summed E-state index contributed by atoms with van der Waals surface area (Å²) in [6.07, 6.45) is 2.00. The van der Waals surface area contributed by atoms with E-state index in [1.165, 1.54) is 5.01 Å². The van der Waals surface area contributed by atoms with E-state index in [4.69, 9.17) is 25.5 Å². The average Bonchev–Trinajstić information content (AvgIpc) is 3.62. The van der Waals surface area contributed by atoms with Crippen LogP contribution in [0.1, 0.15) is 39.7 Å². The van der Waals surface area contributed by atoms with Gasteiger partial charge in [-0.1, -0.05) is 66.2 Å². The van der Waals surface area contributed by atoms with Crippen LogP contribution in [0.5, 0.6) is 5.75 Å². The zero-order valence-electron chi connectivity index (χ0n) is 19.7. The van der Waals surface area contributed by atoms with Crippen molar-refractivity contribution in [3.8, 4) is 5.75 Å². The van der Waals surface area contributed by atoms with E-state index in [2.05, 4.69) is 5.10 Å². The molecule has 0 fully saturated rings. The normalized spacial score (nSPS) is 14.8. The topological polar surface area (TPSA) is 81.3 Å². The molecule has 1 aliphatic heterocycles. The second-order valence-corrected chi connectivity index (χ2v) is 8.81. The summed E-state index contributed by atoms with van der Waals surface area (Å²) in [5.41, 5.74) is 2.75. The molecule has 1 aliphatic rings. The summed E-state index contributed by atoms with van der Waals surface area (Å²) >= 11 is 6.01. The summed E-state index contributed by atoms with van der Waals surface area (Å²) in [5, 5.41) is 6.46. The second kappa shape index (κ2) is 11.1. The third kappa shape index (κ3) is 5.73. The van der Waals surface area contributed by atoms with Crippen molar-refractivity contribution in [2.75, 3.05) is 6.61 Å². The number of esters is 1. The third-order valence-corrected chi connectivity index (χ3v) is 6.14. The highest BCUT2D eigenvalue weighted by Gasteiger charge is 2.35. The largest absolute Gasteiger partial charge is 0.488 e. The molecule has 0 spiro atoms. The third-order valence-electron chi connectivity index (χ3n) is 5.89. The van der Waals surface area contributed by atoms with E-state index < -0.39 is 24.5 Å². The van der Waals surface area contributed by atoms with E-state index in [1.807, 2.05) is 42.5 Å². The molecule has 0 bridgehead atoms. The summed E-state index contributed by atoms with van der Waals surface area (Å²) in [4.78, 5) is 26.0. The van der Waals surface area contributed by atoms with Crippen LogP contribution in [0.15, 0.2) is 107 Å². The van der Waals surface area contributed by atoms with Crippen molar-refractivity contribution in [3.63, 3.8) is 0 Å². The van der Waals surface area contributed by atoms with E-state index in [9.17, 15) is 9.59 Å². The molecule has 0 saturated heterocycles. The van der Waals surface area contributed by atoms with Gasteiger partial charge in [0.25, 0.3) is 5.91 Å². The van der Waals surface area contributed by atoms with Crippen LogP contribution < -0.4 is 4.74 Å². The summed E-state index contributed by atoms with van der Waals surface area (Å²) in [6.45, 7) is -0.189. The maximum Gasteiger partial charge on any atom is 0.342 e. The Bertz CT molecular complexity index is 1400. The van der Waals surface area contributed by atoms with Gasteiger partial charge in [0.2, 0.25) is 0 Å². The number of amides is 1. The van der Waals surface area contributed by atoms with Crippen molar-refractivity contribution in [1.29, 1.82) is 0 Å². The maximum atomic E-state index is 13.2. The van der Waals surface area contributed by atoms with Crippen LogP contribution in [0.3, 0.4) is 0 Å². The molecule has 0 radical (unpaired) electrons. The zero-order valence-corrected chi connectivity index (χ0v) is 20.5. The van der Waals surface area contributed by atoms with Crippen molar-refractivity contribution >= 4 is 29.2 Å². The van der Waals surface area contributed by atoms with Gasteiger partial charge in [-0.25, -0.2) is 9.80 Å². The van der Waals surface area contributed by atoms with Gasteiger partial charge in [0, 0.05) is 11.4 Å². The van der Waals surface area contributed by atoms with Gasteiger partial charge in [0.15, 0.2) is 6.61 Å². The molecule has 7 nitrogen and oxygen atoms in total. The lowest BCUT2D eigenvalue weighted by atomic mass is 10.0. The lowest BCUT2D eigenvalue weighted by Crippen LogP contribution is -2.31. The molecule has 5 rings (SSSR count). The van der Waals surface area contributed by atoms with Crippen LogP contribution in [0, 0.1) is 0 Å². The molecule has 1 aromatic heterocycles. The molecule has 0 saturated carbocycles. The predicted molar refractivity (Wildman–Crippen MR) is 138 cm³/mol. The summed E-state index contributed by atoms with van der Waals surface area (Å²) in [6, 6.07) is 26.7. The Kier molecular flexibility index (Phi) is 7.33. The van der Waals surface area contributed by atoms with E-state index in [-0.39, 0.29) is 5.56 Å². The molecule has 0 aliphatic carbocycles. The monoisotopic (exact) mass is 514 g/mol. The number of carbonyl (C=O) groups excluding carboxylic acids is 2. The molecule has 8 heteroatoms. The molecular weight excluding hydrogens is 492 g/mol. The first-order valence-electron chi connectivity index (χ1n) is 11.7. The summed E-state index contributed by atoms with van der Waals surface area (Å²) in [5.74, 6) is -0.164. The minimum Gasteiger partial charge on any atom is -0.488 e. The zero-order chi connectivity index (χ0) is 25.6. The Balaban J connectivity index is 1.28. The van der Waals surface area contributed by atoms with Gasteiger partial charge >= 0.3 is 5.97 Å². The number of hydrogen-bond donors (Lipinski definition) is 0. The Hall–Kier alpha value is -4.36. The number of benzene rings is 3. The minimum absolute atomic E-state index is 0.237. The van der Waals surface area contributed by atoms with Gasteiger partial charge in [-0.2, -0.15) is 5.10 Å². The molecule has 1 atom stereocenters. The number of para-hydroxylation sites is 1. The smallest absolute Gasteiger partial charge is 0.342 e. The Morgan fingerprint density at radius 2 is 1.70 bits per heavy atom. The molecule has 4 aromatic rings. The minimum atomic E-state index is -0.660. The molecule has 1 unspecified atom stereocenters. The first-order chi connectivity index (χ1) is 18.1. The van der Waals surface area contributed by atoms with Crippen molar-refractivity contribution < 1.29 is 23.5 Å². The van der Waals surface area contributed by atoms with Crippen LogP contribution >= 0.6 is 11.6 Å². The fourth-order valence-corrected chi connectivity index (χ4v) is 4.15. The van der Waals surface area contributed by atoms with E-state index in [0.29, 0.717) is 35.3 Å². The molecule has 186 valence electrons. The number of rotatable bonds is 8. The molecular formula is C29H23ClN2O5. The summed E-state index contributed by atoms with van der Waals surface area (Å²) in [7, 11) is 0. The standard InChI is InChI=1S/C29H23ClN2O5/c30-22-14-12-21(13-15-22)24-17-25(27-11-6-16-35-27)32(31-24)28(33)19-37-29(34)23-9-4-5-10-26(23)36-18-20-7-2-1-3-8-20/h1-16,25H,17-19H2. The first kappa shape index (κ1) is 24.3. The second-order valence-electron chi connectivity index (χ2n) is 8.37. The number of halogens is 1. The quantitative estimate of drug-likeness (QED) is 0.267. The van der Waals surface area contributed by atoms with Gasteiger partial charge in [0.05, 0.1) is 12.0 Å².